The van der Waals surface area contributed by atoms with E-state index < -0.39 is 0 Å². The molecule has 0 bridgehead atoms. The van der Waals surface area contributed by atoms with Gasteiger partial charge in [-0.15, -0.1) is 5.10 Å². The van der Waals surface area contributed by atoms with E-state index in [4.69, 9.17) is 11.6 Å². The fraction of sp³-hybridized carbons (Fsp3) is 0.143. The molecule has 0 saturated heterocycles. The summed E-state index contributed by atoms with van der Waals surface area (Å²) in [5.41, 5.74) is 1.92. The van der Waals surface area contributed by atoms with Crippen molar-refractivity contribution in [1.82, 2.24) is 14.8 Å². The van der Waals surface area contributed by atoms with Gasteiger partial charge in [0.25, 0.3) is 0 Å². The van der Waals surface area contributed by atoms with Crippen LogP contribution in [0.4, 0.5) is 0 Å². The highest BCUT2D eigenvalue weighted by atomic mass is 35.5. The number of aromatic nitrogens is 3. The van der Waals surface area contributed by atoms with Crippen LogP contribution in [0.1, 0.15) is 5.69 Å². The van der Waals surface area contributed by atoms with Crippen LogP contribution in [-0.2, 0) is 0 Å². The fourth-order valence-corrected chi connectivity index (χ4v) is 1.33. The third-order valence-electron chi connectivity index (χ3n) is 1.54. The van der Waals surface area contributed by atoms with Gasteiger partial charge in [0, 0.05) is 10.7 Å². The van der Waals surface area contributed by atoms with Gasteiger partial charge in [-0.2, -0.15) is 0 Å². The number of hydrogen-bond donors (Lipinski definition) is 0. The van der Waals surface area contributed by atoms with Crippen LogP contribution in [0.3, 0.4) is 0 Å². The summed E-state index contributed by atoms with van der Waals surface area (Å²) in [6.07, 6.45) is 1.68. The van der Waals surface area contributed by atoms with Gasteiger partial charge in [0.1, 0.15) is 0 Å². The van der Waals surface area contributed by atoms with Crippen LogP contribution < -0.4 is 0 Å². The molecule has 2 heterocycles. The Hall–Kier alpha value is -1.09. The van der Waals surface area contributed by atoms with Crippen molar-refractivity contribution < 1.29 is 0 Å². The van der Waals surface area contributed by atoms with Gasteiger partial charge < -0.3 is 0 Å². The van der Waals surface area contributed by atoms with Gasteiger partial charge in [0.05, 0.1) is 11.7 Å². The van der Waals surface area contributed by atoms with E-state index in [-0.39, 0.29) is 0 Å². The summed E-state index contributed by atoms with van der Waals surface area (Å²) >= 11 is 5.81. The first-order valence-corrected chi connectivity index (χ1v) is 3.62. The van der Waals surface area contributed by atoms with Crippen molar-refractivity contribution in [2.24, 2.45) is 0 Å². The summed E-state index contributed by atoms with van der Waals surface area (Å²) in [4.78, 5) is 0. The molecule has 3 nitrogen and oxygen atoms in total. The Labute approximate surface area is 68.6 Å². The smallest absolute Gasteiger partial charge is 0.0882 e. The van der Waals surface area contributed by atoms with Gasteiger partial charge >= 0.3 is 0 Å². The van der Waals surface area contributed by atoms with Crippen LogP contribution in [0, 0.1) is 6.92 Å². The highest BCUT2D eigenvalue weighted by Gasteiger charge is 1.98. The Morgan fingerprint density at radius 1 is 1.45 bits per heavy atom. The minimum Gasteiger partial charge on any atom is -0.218 e. The fourth-order valence-electron chi connectivity index (χ4n) is 1.06. The van der Waals surface area contributed by atoms with E-state index in [1.165, 1.54) is 0 Å². The van der Waals surface area contributed by atoms with E-state index >= 15 is 0 Å². The summed E-state index contributed by atoms with van der Waals surface area (Å²) < 4.78 is 1.74. The van der Waals surface area contributed by atoms with Crippen LogP contribution in [0.2, 0.25) is 5.02 Å². The van der Waals surface area contributed by atoms with Gasteiger partial charge in [-0.1, -0.05) is 16.8 Å². The molecule has 56 valence electrons. The molecule has 4 heteroatoms. The highest BCUT2D eigenvalue weighted by Crippen LogP contribution is 2.13. The molecule has 0 aliphatic heterocycles. The first-order chi connectivity index (χ1) is 5.27. The monoisotopic (exact) mass is 167 g/mol. The maximum atomic E-state index is 5.81. The van der Waals surface area contributed by atoms with Crippen LogP contribution in [0.25, 0.3) is 5.52 Å². The molecule has 0 aliphatic carbocycles. The molecule has 2 aromatic rings. The minimum atomic E-state index is 0.720. The number of halogens is 1. The molecule has 0 atom stereocenters. The molecule has 0 aromatic carbocycles. The Bertz CT molecular complexity index is 393. The molecular weight excluding hydrogens is 162 g/mol. The molecule has 0 spiro atoms. The lowest BCUT2D eigenvalue weighted by Gasteiger charge is -1.96. The van der Waals surface area contributed by atoms with E-state index in [0.29, 0.717) is 0 Å². The second kappa shape index (κ2) is 2.20. The van der Waals surface area contributed by atoms with E-state index in [1.807, 2.05) is 19.1 Å². The van der Waals surface area contributed by atoms with E-state index in [0.717, 1.165) is 16.2 Å². The van der Waals surface area contributed by atoms with Crippen molar-refractivity contribution in [2.45, 2.75) is 6.92 Å². The number of hydrogen-bond acceptors (Lipinski definition) is 2. The third-order valence-corrected chi connectivity index (χ3v) is 1.76. The van der Waals surface area contributed by atoms with Crippen LogP contribution in [-0.4, -0.2) is 14.8 Å². The summed E-state index contributed by atoms with van der Waals surface area (Å²) in [5.74, 6) is 0. The zero-order chi connectivity index (χ0) is 7.84. The first-order valence-electron chi connectivity index (χ1n) is 3.24. The molecule has 0 aliphatic rings. The molecular formula is C7H6ClN3. The summed E-state index contributed by atoms with van der Waals surface area (Å²) in [6.45, 7) is 1.94. The Balaban J connectivity index is 2.91. The third kappa shape index (κ3) is 0.973. The van der Waals surface area contributed by atoms with Crippen molar-refractivity contribution in [3.05, 3.63) is 29.0 Å². The Morgan fingerprint density at radius 3 is 3.09 bits per heavy atom. The molecule has 11 heavy (non-hydrogen) atoms. The Morgan fingerprint density at radius 2 is 2.27 bits per heavy atom. The van der Waals surface area contributed by atoms with Gasteiger partial charge in [0.15, 0.2) is 0 Å². The van der Waals surface area contributed by atoms with Crippen molar-refractivity contribution in [1.29, 1.82) is 0 Å². The lowest BCUT2D eigenvalue weighted by Crippen LogP contribution is -1.92. The predicted molar refractivity (Wildman–Crippen MR) is 42.7 cm³/mol. The molecule has 0 radical (unpaired) electrons. The lowest BCUT2D eigenvalue weighted by molar-refractivity contribution is 0.828. The summed E-state index contributed by atoms with van der Waals surface area (Å²) in [6, 6.07) is 3.68. The summed E-state index contributed by atoms with van der Waals surface area (Å²) in [5, 5.41) is 8.34. The first kappa shape index (κ1) is 6.61. The average molecular weight is 168 g/mol. The number of nitrogens with zero attached hydrogens (tertiary/aromatic N) is 3. The molecule has 0 saturated carbocycles. The largest absolute Gasteiger partial charge is 0.218 e. The minimum absolute atomic E-state index is 0.720. The SMILES string of the molecule is Cc1cc(Cl)cc2cnnn12. The maximum absolute atomic E-state index is 5.81. The van der Waals surface area contributed by atoms with Crippen molar-refractivity contribution in [3.8, 4) is 0 Å². The quantitative estimate of drug-likeness (QED) is 0.598. The zero-order valence-corrected chi connectivity index (χ0v) is 6.71. The maximum Gasteiger partial charge on any atom is 0.0882 e. The molecule has 0 N–H and O–H groups in total. The topological polar surface area (TPSA) is 30.2 Å². The summed E-state index contributed by atoms with van der Waals surface area (Å²) in [7, 11) is 0. The molecule has 2 aromatic heterocycles. The van der Waals surface area contributed by atoms with Crippen molar-refractivity contribution in [2.75, 3.05) is 0 Å². The van der Waals surface area contributed by atoms with Crippen molar-refractivity contribution in [3.63, 3.8) is 0 Å². The van der Waals surface area contributed by atoms with Crippen LogP contribution in [0.5, 0.6) is 0 Å². The average Bonchev–Trinajstić information content (AvgIpc) is 2.34. The van der Waals surface area contributed by atoms with E-state index in [1.54, 1.807) is 10.7 Å². The molecule has 0 unspecified atom stereocenters. The number of rotatable bonds is 0. The zero-order valence-electron chi connectivity index (χ0n) is 5.95. The molecule has 0 amide bonds. The second-order valence-electron chi connectivity index (χ2n) is 2.39. The van der Waals surface area contributed by atoms with Crippen LogP contribution >= 0.6 is 11.6 Å². The normalized spacial score (nSPS) is 10.7. The van der Waals surface area contributed by atoms with Gasteiger partial charge in [-0.3, -0.25) is 0 Å². The number of pyridine rings is 1. The number of fused-ring (bicyclic) bond motifs is 1. The molecule has 0 fully saturated rings. The Kier molecular flexibility index (Phi) is 1.32. The standard InChI is InChI=1S/C7H6ClN3/c1-5-2-6(8)3-7-4-9-10-11(5)7/h2-4H,1H3. The van der Waals surface area contributed by atoms with Gasteiger partial charge in [0.2, 0.25) is 0 Å². The highest BCUT2D eigenvalue weighted by molar-refractivity contribution is 6.30. The number of aryl methyl sites for hydroxylation is 1. The lowest BCUT2D eigenvalue weighted by atomic mass is 10.3. The van der Waals surface area contributed by atoms with Crippen molar-refractivity contribution >= 4 is 17.1 Å². The van der Waals surface area contributed by atoms with Gasteiger partial charge in [-0.25, -0.2) is 4.52 Å². The van der Waals surface area contributed by atoms with E-state index in [2.05, 4.69) is 10.3 Å². The molecule has 2 rings (SSSR count). The van der Waals surface area contributed by atoms with E-state index in [9.17, 15) is 0 Å². The predicted octanol–water partition coefficient (Wildman–Crippen LogP) is 1.69. The van der Waals surface area contributed by atoms with Crippen LogP contribution in [0.15, 0.2) is 18.3 Å². The second-order valence-corrected chi connectivity index (χ2v) is 2.82. The van der Waals surface area contributed by atoms with Gasteiger partial charge in [-0.05, 0) is 19.1 Å².